The van der Waals surface area contributed by atoms with E-state index in [0.29, 0.717) is 12.5 Å². The van der Waals surface area contributed by atoms with Crippen LogP contribution >= 0.6 is 11.3 Å². The van der Waals surface area contributed by atoms with Crippen molar-refractivity contribution in [3.8, 4) is 10.6 Å². The van der Waals surface area contributed by atoms with Crippen molar-refractivity contribution >= 4 is 17.2 Å². The molecule has 3 heterocycles. The molecule has 1 amide bonds. The average molecular weight is 416 g/mol. The molecule has 29 heavy (non-hydrogen) atoms. The molecule has 0 atom stereocenters. The smallest absolute Gasteiger partial charge is 0.222 e. The molecule has 0 bridgehead atoms. The first-order valence-corrected chi connectivity index (χ1v) is 11.7. The number of carbonyl (C=O) groups excluding carboxylic acids is 1. The van der Waals surface area contributed by atoms with Crippen LogP contribution in [0.25, 0.3) is 10.6 Å². The first-order chi connectivity index (χ1) is 14.1. The van der Waals surface area contributed by atoms with Crippen LogP contribution in [0.4, 0.5) is 4.39 Å². The van der Waals surface area contributed by atoms with Crippen LogP contribution in [0.1, 0.15) is 49.1 Å². The van der Waals surface area contributed by atoms with Crippen LogP contribution in [-0.2, 0) is 11.2 Å². The summed E-state index contributed by atoms with van der Waals surface area (Å²) in [5.41, 5.74) is 1.91. The minimum Gasteiger partial charge on any atom is -0.343 e. The molecule has 1 aromatic heterocycles. The molecule has 156 valence electrons. The molecule has 6 heteroatoms. The maximum absolute atomic E-state index is 13.1. The number of carbonyl (C=O) groups is 1. The second kappa shape index (κ2) is 9.35. The maximum atomic E-state index is 13.1. The average Bonchev–Trinajstić information content (AvgIpc) is 3.14. The monoisotopic (exact) mass is 415 g/mol. The van der Waals surface area contributed by atoms with Crippen LogP contribution in [0.5, 0.6) is 0 Å². The first kappa shape index (κ1) is 20.5. The lowest BCUT2D eigenvalue weighted by Gasteiger charge is -2.40. The summed E-state index contributed by atoms with van der Waals surface area (Å²) in [6, 6.07) is 7.11. The molecule has 2 saturated heterocycles. The SMILES string of the molecule is Cc1nc(-c2ccc(F)cc2)sc1CCC(=O)N1CCC(N2CCCCC2)CC1. The van der Waals surface area contributed by atoms with Gasteiger partial charge in [-0.05, 0) is 76.4 Å². The van der Waals surface area contributed by atoms with E-state index in [-0.39, 0.29) is 11.7 Å². The fraction of sp³-hybridized carbons (Fsp3) is 0.565. The van der Waals surface area contributed by atoms with E-state index in [2.05, 4.69) is 14.8 Å². The summed E-state index contributed by atoms with van der Waals surface area (Å²) in [7, 11) is 0. The molecule has 2 aliphatic heterocycles. The lowest BCUT2D eigenvalue weighted by atomic mass is 9.99. The number of piperidine rings is 2. The van der Waals surface area contributed by atoms with E-state index in [1.807, 2.05) is 6.92 Å². The zero-order valence-corrected chi connectivity index (χ0v) is 18.0. The van der Waals surface area contributed by atoms with Gasteiger partial charge in [-0.15, -0.1) is 11.3 Å². The number of thiazole rings is 1. The Bertz CT molecular complexity index is 821. The Morgan fingerprint density at radius 2 is 1.79 bits per heavy atom. The van der Waals surface area contributed by atoms with E-state index >= 15 is 0 Å². The van der Waals surface area contributed by atoms with Crippen molar-refractivity contribution in [2.45, 2.75) is 57.9 Å². The number of likely N-dealkylation sites (tertiary alicyclic amines) is 2. The fourth-order valence-electron chi connectivity index (χ4n) is 4.52. The quantitative estimate of drug-likeness (QED) is 0.712. The molecular weight excluding hydrogens is 385 g/mol. The van der Waals surface area contributed by atoms with Crippen LogP contribution in [0.3, 0.4) is 0 Å². The molecule has 4 nitrogen and oxygen atoms in total. The Balaban J connectivity index is 1.28. The molecule has 0 unspecified atom stereocenters. The second-order valence-electron chi connectivity index (χ2n) is 8.24. The molecule has 0 spiro atoms. The summed E-state index contributed by atoms with van der Waals surface area (Å²) in [6.45, 7) is 6.25. The van der Waals surface area contributed by atoms with Gasteiger partial charge in [-0.3, -0.25) is 4.79 Å². The number of aromatic nitrogens is 1. The lowest BCUT2D eigenvalue weighted by molar-refractivity contribution is -0.132. The third-order valence-electron chi connectivity index (χ3n) is 6.27. The number of hydrogen-bond donors (Lipinski definition) is 0. The minimum atomic E-state index is -0.239. The Kier molecular flexibility index (Phi) is 6.60. The summed E-state index contributed by atoms with van der Waals surface area (Å²) in [5.74, 6) is 0.0233. The number of benzene rings is 1. The highest BCUT2D eigenvalue weighted by molar-refractivity contribution is 7.15. The summed E-state index contributed by atoms with van der Waals surface area (Å²) in [5, 5.41) is 0.896. The summed E-state index contributed by atoms with van der Waals surface area (Å²) in [6.07, 6.45) is 7.52. The van der Waals surface area contributed by atoms with E-state index in [9.17, 15) is 9.18 Å². The Hall–Kier alpha value is -1.79. The topological polar surface area (TPSA) is 36.4 Å². The number of hydrogen-bond acceptors (Lipinski definition) is 4. The Morgan fingerprint density at radius 1 is 1.10 bits per heavy atom. The predicted octanol–water partition coefficient (Wildman–Crippen LogP) is 4.67. The van der Waals surface area contributed by atoms with Crippen LogP contribution in [0.2, 0.25) is 0 Å². The molecular formula is C23H30FN3OS. The lowest BCUT2D eigenvalue weighted by Crippen LogP contribution is -2.48. The molecule has 0 aliphatic carbocycles. The second-order valence-corrected chi connectivity index (χ2v) is 9.33. The summed E-state index contributed by atoms with van der Waals surface area (Å²) < 4.78 is 13.1. The van der Waals surface area contributed by atoms with E-state index in [1.165, 1.54) is 44.5 Å². The number of halogens is 1. The molecule has 0 N–H and O–H groups in total. The number of rotatable bonds is 5. The summed E-state index contributed by atoms with van der Waals surface area (Å²) >= 11 is 1.62. The van der Waals surface area contributed by atoms with Crippen LogP contribution < -0.4 is 0 Å². The summed E-state index contributed by atoms with van der Waals surface area (Å²) in [4.78, 5) is 23.2. The number of nitrogens with zero attached hydrogens (tertiary/aromatic N) is 3. The van der Waals surface area contributed by atoms with E-state index < -0.39 is 0 Å². The van der Waals surface area contributed by atoms with Crippen molar-refractivity contribution in [3.63, 3.8) is 0 Å². The van der Waals surface area contributed by atoms with Crippen LogP contribution in [0.15, 0.2) is 24.3 Å². The van der Waals surface area contributed by atoms with Crippen molar-refractivity contribution in [2.75, 3.05) is 26.2 Å². The molecule has 2 aliphatic rings. The first-order valence-electron chi connectivity index (χ1n) is 10.8. The molecule has 2 aromatic rings. The van der Waals surface area contributed by atoms with Crippen molar-refractivity contribution in [1.82, 2.24) is 14.8 Å². The van der Waals surface area contributed by atoms with Gasteiger partial charge < -0.3 is 9.80 Å². The van der Waals surface area contributed by atoms with Gasteiger partial charge in [-0.2, -0.15) is 0 Å². The largest absolute Gasteiger partial charge is 0.343 e. The minimum absolute atomic E-state index is 0.239. The van der Waals surface area contributed by atoms with Crippen LogP contribution in [-0.4, -0.2) is 52.9 Å². The van der Waals surface area contributed by atoms with Gasteiger partial charge in [0, 0.05) is 36.0 Å². The van der Waals surface area contributed by atoms with Crippen molar-refractivity contribution < 1.29 is 9.18 Å². The highest BCUT2D eigenvalue weighted by Crippen LogP contribution is 2.29. The van der Waals surface area contributed by atoms with E-state index in [4.69, 9.17) is 0 Å². The molecule has 1 aromatic carbocycles. The highest BCUT2D eigenvalue weighted by Gasteiger charge is 2.27. The van der Waals surface area contributed by atoms with Gasteiger partial charge in [0.2, 0.25) is 5.91 Å². The van der Waals surface area contributed by atoms with Crippen molar-refractivity contribution in [3.05, 3.63) is 40.7 Å². The normalized spacial score (nSPS) is 18.9. The Morgan fingerprint density at radius 3 is 2.48 bits per heavy atom. The van der Waals surface area contributed by atoms with Crippen LogP contribution in [0, 0.1) is 12.7 Å². The fourth-order valence-corrected chi connectivity index (χ4v) is 5.59. The van der Waals surface area contributed by atoms with Gasteiger partial charge in [-0.25, -0.2) is 9.37 Å². The zero-order valence-electron chi connectivity index (χ0n) is 17.2. The number of amides is 1. The molecule has 2 fully saturated rings. The molecule has 4 rings (SSSR count). The third kappa shape index (κ3) is 5.04. The number of aryl methyl sites for hydroxylation is 2. The third-order valence-corrected chi connectivity index (χ3v) is 7.54. The van der Waals surface area contributed by atoms with Gasteiger partial charge in [0.25, 0.3) is 0 Å². The zero-order chi connectivity index (χ0) is 20.2. The van der Waals surface area contributed by atoms with Crippen molar-refractivity contribution in [1.29, 1.82) is 0 Å². The van der Waals surface area contributed by atoms with Gasteiger partial charge in [0.05, 0.1) is 5.69 Å². The van der Waals surface area contributed by atoms with Gasteiger partial charge in [0.1, 0.15) is 10.8 Å². The van der Waals surface area contributed by atoms with Gasteiger partial charge >= 0.3 is 0 Å². The standard InChI is InChI=1S/C23H30FN3OS/c1-17-21(29-23(25-17)18-5-7-19(24)8-6-18)9-10-22(28)27-15-11-20(12-16-27)26-13-3-2-4-14-26/h5-8,20H,2-4,9-16H2,1H3. The highest BCUT2D eigenvalue weighted by atomic mass is 32.1. The molecule has 0 saturated carbocycles. The van der Waals surface area contributed by atoms with Gasteiger partial charge in [-0.1, -0.05) is 6.42 Å². The van der Waals surface area contributed by atoms with Crippen molar-refractivity contribution in [2.24, 2.45) is 0 Å². The van der Waals surface area contributed by atoms with E-state index in [1.54, 1.807) is 23.5 Å². The predicted molar refractivity (Wildman–Crippen MR) is 116 cm³/mol. The van der Waals surface area contributed by atoms with E-state index in [0.717, 1.165) is 53.5 Å². The molecule has 0 radical (unpaired) electrons. The van der Waals surface area contributed by atoms with Gasteiger partial charge in [0.15, 0.2) is 0 Å². The Labute approximate surface area is 176 Å². The maximum Gasteiger partial charge on any atom is 0.222 e.